The normalized spacial score (nSPS) is 17.1. The average Bonchev–Trinajstić information content (AvgIpc) is 1.94. The summed E-state index contributed by atoms with van der Waals surface area (Å²) < 4.78 is 0. The van der Waals surface area contributed by atoms with Crippen molar-refractivity contribution in [2.24, 2.45) is 10.1 Å². The molecule has 0 aromatic rings. The van der Waals surface area contributed by atoms with Crippen molar-refractivity contribution < 1.29 is 0 Å². The standard InChI is InChI=1S/C7H9N3/c1-6-4-9-7(2)10(5-6)8-3/h4-5H,2-3H2,1H3. The average molecular weight is 135 g/mol. The van der Waals surface area contributed by atoms with E-state index in [2.05, 4.69) is 23.4 Å². The van der Waals surface area contributed by atoms with Crippen molar-refractivity contribution in [2.75, 3.05) is 0 Å². The van der Waals surface area contributed by atoms with Gasteiger partial charge in [-0.1, -0.05) is 6.58 Å². The maximum Gasteiger partial charge on any atom is 0.146 e. The lowest BCUT2D eigenvalue weighted by atomic mass is 10.3. The molecule has 0 unspecified atom stereocenters. The highest BCUT2D eigenvalue weighted by molar-refractivity contribution is 5.79. The van der Waals surface area contributed by atoms with Gasteiger partial charge in [-0.15, -0.1) is 0 Å². The van der Waals surface area contributed by atoms with Gasteiger partial charge in [-0.2, -0.15) is 5.10 Å². The van der Waals surface area contributed by atoms with Gasteiger partial charge in [-0.3, -0.25) is 0 Å². The van der Waals surface area contributed by atoms with Gasteiger partial charge in [0.05, 0.1) is 0 Å². The molecule has 0 saturated heterocycles. The zero-order valence-corrected chi connectivity index (χ0v) is 5.91. The highest BCUT2D eigenvalue weighted by atomic mass is 15.5. The smallest absolute Gasteiger partial charge is 0.146 e. The Balaban J connectivity index is 2.86. The Hall–Kier alpha value is -1.38. The number of hydrazone groups is 1. The van der Waals surface area contributed by atoms with Crippen LogP contribution >= 0.6 is 0 Å². The van der Waals surface area contributed by atoms with Crippen molar-refractivity contribution in [3.05, 3.63) is 24.2 Å². The Labute approximate surface area is 60.1 Å². The zero-order valence-electron chi connectivity index (χ0n) is 5.91. The molecule has 1 aliphatic rings. The summed E-state index contributed by atoms with van der Waals surface area (Å²) in [4.78, 5) is 3.97. The monoisotopic (exact) mass is 135 g/mol. The van der Waals surface area contributed by atoms with Crippen LogP contribution in [0.3, 0.4) is 0 Å². The quantitative estimate of drug-likeness (QED) is 0.499. The highest BCUT2D eigenvalue weighted by Crippen LogP contribution is 2.10. The summed E-state index contributed by atoms with van der Waals surface area (Å²) in [6, 6.07) is 0. The second-order valence-electron chi connectivity index (χ2n) is 2.03. The number of nitrogens with zero attached hydrogens (tertiary/aromatic N) is 3. The van der Waals surface area contributed by atoms with Gasteiger partial charge in [0, 0.05) is 19.1 Å². The van der Waals surface area contributed by atoms with Gasteiger partial charge < -0.3 is 0 Å². The molecule has 0 atom stereocenters. The third-order valence-corrected chi connectivity index (χ3v) is 1.16. The summed E-state index contributed by atoms with van der Waals surface area (Å²) in [6.45, 7) is 8.96. The van der Waals surface area contributed by atoms with E-state index in [4.69, 9.17) is 0 Å². The molecule has 0 radical (unpaired) electrons. The third-order valence-electron chi connectivity index (χ3n) is 1.16. The first kappa shape index (κ1) is 6.74. The van der Waals surface area contributed by atoms with E-state index >= 15 is 0 Å². The van der Waals surface area contributed by atoms with E-state index in [1.54, 1.807) is 6.21 Å². The van der Waals surface area contributed by atoms with Gasteiger partial charge in [-0.05, 0) is 12.5 Å². The molecule has 0 bridgehead atoms. The molecule has 1 rings (SSSR count). The minimum Gasteiger partial charge on any atom is -0.237 e. The van der Waals surface area contributed by atoms with E-state index in [0.717, 1.165) is 5.57 Å². The molecule has 1 aliphatic heterocycles. The molecule has 0 spiro atoms. The molecule has 1 heterocycles. The fourth-order valence-electron chi connectivity index (χ4n) is 0.659. The van der Waals surface area contributed by atoms with E-state index in [-0.39, 0.29) is 0 Å². The van der Waals surface area contributed by atoms with E-state index < -0.39 is 0 Å². The van der Waals surface area contributed by atoms with Crippen LogP contribution in [0.5, 0.6) is 0 Å². The first-order chi connectivity index (χ1) is 4.74. The highest BCUT2D eigenvalue weighted by Gasteiger charge is 2.03. The Morgan fingerprint density at radius 2 is 2.40 bits per heavy atom. The minimum atomic E-state index is 0.598. The first-order valence-corrected chi connectivity index (χ1v) is 2.91. The lowest BCUT2D eigenvalue weighted by Gasteiger charge is -2.16. The maximum absolute atomic E-state index is 3.97. The Morgan fingerprint density at radius 3 is 2.90 bits per heavy atom. The molecule has 10 heavy (non-hydrogen) atoms. The second-order valence-corrected chi connectivity index (χ2v) is 2.03. The summed E-state index contributed by atoms with van der Waals surface area (Å²) in [5, 5.41) is 5.21. The van der Waals surface area contributed by atoms with Gasteiger partial charge in [0.15, 0.2) is 0 Å². The minimum absolute atomic E-state index is 0.598. The lowest BCUT2D eigenvalue weighted by Crippen LogP contribution is -2.10. The summed E-state index contributed by atoms with van der Waals surface area (Å²) in [7, 11) is 0. The van der Waals surface area contributed by atoms with Crippen LogP contribution in [0, 0.1) is 0 Å². The summed E-state index contributed by atoms with van der Waals surface area (Å²) in [5.74, 6) is 0.598. The molecular formula is C7H9N3. The van der Waals surface area contributed by atoms with E-state index in [1.165, 1.54) is 5.01 Å². The summed E-state index contributed by atoms with van der Waals surface area (Å²) in [5.41, 5.74) is 1.04. The summed E-state index contributed by atoms with van der Waals surface area (Å²) in [6.07, 6.45) is 3.56. The number of rotatable bonds is 1. The van der Waals surface area contributed by atoms with Crippen molar-refractivity contribution in [3.63, 3.8) is 0 Å². The molecule has 0 aliphatic carbocycles. The van der Waals surface area contributed by atoms with Crippen molar-refractivity contribution in [1.29, 1.82) is 0 Å². The fraction of sp³-hybridized carbons (Fsp3) is 0.143. The number of hydrogen-bond acceptors (Lipinski definition) is 3. The van der Waals surface area contributed by atoms with Crippen LogP contribution in [-0.2, 0) is 0 Å². The van der Waals surface area contributed by atoms with Crippen molar-refractivity contribution >= 4 is 12.9 Å². The number of allylic oxidation sites excluding steroid dienone is 1. The fourth-order valence-corrected chi connectivity index (χ4v) is 0.659. The molecule has 0 aromatic heterocycles. The van der Waals surface area contributed by atoms with Crippen molar-refractivity contribution in [2.45, 2.75) is 6.92 Å². The van der Waals surface area contributed by atoms with Crippen molar-refractivity contribution in [1.82, 2.24) is 5.01 Å². The Kier molecular flexibility index (Phi) is 1.67. The zero-order chi connectivity index (χ0) is 7.56. The van der Waals surface area contributed by atoms with Gasteiger partial charge in [0.25, 0.3) is 0 Å². The molecule has 0 fully saturated rings. The topological polar surface area (TPSA) is 28.0 Å². The van der Waals surface area contributed by atoms with Gasteiger partial charge in [-0.25, -0.2) is 10.0 Å². The Morgan fingerprint density at radius 1 is 1.70 bits per heavy atom. The molecule has 3 nitrogen and oxygen atoms in total. The second kappa shape index (κ2) is 2.47. The van der Waals surface area contributed by atoms with Crippen LogP contribution in [0.1, 0.15) is 6.92 Å². The predicted molar refractivity (Wildman–Crippen MR) is 42.8 cm³/mol. The third kappa shape index (κ3) is 1.13. The Bertz CT molecular complexity index is 225. The van der Waals surface area contributed by atoms with Crippen LogP contribution in [0.25, 0.3) is 0 Å². The largest absolute Gasteiger partial charge is 0.237 e. The van der Waals surface area contributed by atoms with Crippen LogP contribution in [0.2, 0.25) is 0 Å². The molecule has 0 amide bonds. The van der Waals surface area contributed by atoms with E-state index in [0.29, 0.717) is 5.82 Å². The van der Waals surface area contributed by atoms with Gasteiger partial charge in [0.2, 0.25) is 0 Å². The number of hydrogen-bond donors (Lipinski definition) is 0. The van der Waals surface area contributed by atoms with Crippen LogP contribution in [0.4, 0.5) is 0 Å². The molecule has 0 aromatic carbocycles. The lowest BCUT2D eigenvalue weighted by molar-refractivity contribution is 0.493. The van der Waals surface area contributed by atoms with Crippen LogP contribution < -0.4 is 0 Å². The molecule has 0 saturated carbocycles. The molecule has 52 valence electrons. The van der Waals surface area contributed by atoms with Crippen LogP contribution in [-0.4, -0.2) is 17.9 Å². The molecule has 0 N–H and O–H groups in total. The van der Waals surface area contributed by atoms with E-state index in [1.807, 2.05) is 13.1 Å². The maximum atomic E-state index is 3.97. The predicted octanol–water partition coefficient (Wildman–Crippen LogP) is 1.36. The van der Waals surface area contributed by atoms with E-state index in [9.17, 15) is 0 Å². The molecular weight excluding hydrogens is 126 g/mol. The van der Waals surface area contributed by atoms with Crippen molar-refractivity contribution in [3.8, 4) is 0 Å². The van der Waals surface area contributed by atoms with Gasteiger partial charge >= 0.3 is 0 Å². The molecule has 3 heteroatoms. The number of aliphatic imine (C=N–C) groups is 1. The van der Waals surface area contributed by atoms with Crippen LogP contribution in [0.15, 0.2) is 34.3 Å². The SMILES string of the molecule is C=NN1C=C(C)C=NC1=C. The summed E-state index contributed by atoms with van der Waals surface area (Å²) >= 11 is 0. The first-order valence-electron chi connectivity index (χ1n) is 2.91. The van der Waals surface area contributed by atoms with Gasteiger partial charge in [0.1, 0.15) is 5.82 Å².